The molecular weight excluding hydrogens is 318 g/mol. The summed E-state index contributed by atoms with van der Waals surface area (Å²) in [4.78, 5) is 7.21. The van der Waals surface area contributed by atoms with Gasteiger partial charge in [-0.3, -0.25) is 4.98 Å². The SMILES string of the molecule is CCC1CCN(c2ccc3c(-c4ccccc4CN)nccc3c2)CC1. The summed E-state index contributed by atoms with van der Waals surface area (Å²) in [5, 5.41) is 2.44. The van der Waals surface area contributed by atoms with Crippen LogP contribution in [-0.4, -0.2) is 18.1 Å². The van der Waals surface area contributed by atoms with Crippen molar-refractivity contribution in [1.29, 1.82) is 0 Å². The average Bonchev–Trinajstić information content (AvgIpc) is 2.73. The van der Waals surface area contributed by atoms with Gasteiger partial charge in [-0.2, -0.15) is 0 Å². The zero-order valence-electron chi connectivity index (χ0n) is 15.5. The van der Waals surface area contributed by atoms with Crippen LogP contribution in [0, 0.1) is 5.92 Å². The van der Waals surface area contributed by atoms with Crippen LogP contribution < -0.4 is 10.6 Å². The molecule has 1 saturated heterocycles. The lowest BCUT2D eigenvalue weighted by atomic mass is 9.94. The fourth-order valence-corrected chi connectivity index (χ4v) is 4.11. The van der Waals surface area contributed by atoms with E-state index in [9.17, 15) is 0 Å². The summed E-state index contributed by atoms with van der Waals surface area (Å²) >= 11 is 0. The number of hydrogen-bond acceptors (Lipinski definition) is 3. The number of anilines is 1. The third-order valence-corrected chi connectivity index (χ3v) is 5.80. The molecule has 2 N–H and O–H groups in total. The summed E-state index contributed by atoms with van der Waals surface area (Å²) in [5.41, 5.74) is 10.6. The Hall–Kier alpha value is -2.39. The molecule has 0 aliphatic carbocycles. The lowest BCUT2D eigenvalue weighted by Crippen LogP contribution is -2.33. The molecule has 2 heterocycles. The Morgan fingerprint density at radius 1 is 1.08 bits per heavy atom. The second kappa shape index (κ2) is 7.46. The maximum absolute atomic E-state index is 5.94. The van der Waals surface area contributed by atoms with Crippen molar-refractivity contribution in [3.8, 4) is 11.3 Å². The predicted octanol–water partition coefficient (Wildman–Crippen LogP) is 4.99. The fourth-order valence-electron chi connectivity index (χ4n) is 4.11. The van der Waals surface area contributed by atoms with Crippen molar-refractivity contribution >= 4 is 16.5 Å². The van der Waals surface area contributed by atoms with Crippen LogP contribution in [0.2, 0.25) is 0 Å². The lowest BCUT2D eigenvalue weighted by molar-refractivity contribution is 0.395. The van der Waals surface area contributed by atoms with Crippen LogP contribution in [0.5, 0.6) is 0 Å². The zero-order valence-corrected chi connectivity index (χ0v) is 15.5. The van der Waals surface area contributed by atoms with Crippen molar-refractivity contribution < 1.29 is 0 Å². The van der Waals surface area contributed by atoms with Crippen LogP contribution in [0.3, 0.4) is 0 Å². The highest BCUT2D eigenvalue weighted by molar-refractivity contribution is 5.96. The molecule has 3 nitrogen and oxygen atoms in total. The molecule has 1 aliphatic rings. The molecule has 1 aliphatic heterocycles. The average molecular weight is 345 g/mol. The molecule has 2 aromatic carbocycles. The van der Waals surface area contributed by atoms with Gasteiger partial charge in [-0.1, -0.05) is 43.7 Å². The number of aromatic nitrogens is 1. The molecule has 3 heteroatoms. The summed E-state index contributed by atoms with van der Waals surface area (Å²) in [6, 6.07) is 17.2. The second-order valence-electron chi connectivity index (χ2n) is 7.26. The molecule has 4 rings (SSSR count). The van der Waals surface area contributed by atoms with Gasteiger partial charge in [0.05, 0.1) is 5.69 Å². The summed E-state index contributed by atoms with van der Waals surface area (Å²) < 4.78 is 0. The van der Waals surface area contributed by atoms with Crippen molar-refractivity contribution in [2.24, 2.45) is 11.7 Å². The van der Waals surface area contributed by atoms with Gasteiger partial charge in [-0.25, -0.2) is 0 Å². The second-order valence-corrected chi connectivity index (χ2v) is 7.26. The van der Waals surface area contributed by atoms with E-state index in [1.165, 1.54) is 35.7 Å². The number of rotatable bonds is 4. The molecule has 0 unspecified atom stereocenters. The molecule has 0 atom stereocenters. The topological polar surface area (TPSA) is 42.1 Å². The minimum absolute atomic E-state index is 0.526. The van der Waals surface area contributed by atoms with Crippen molar-refractivity contribution in [2.75, 3.05) is 18.0 Å². The zero-order chi connectivity index (χ0) is 17.9. The Morgan fingerprint density at radius 2 is 1.88 bits per heavy atom. The van der Waals surface area contributed by atoms with E-state index in [0.29, 0.717) is 6.54 Å². The molecule has 0 radical (unpaired) electrons. The highest BCUT2D eigenvalue weighted by Gasteiger charge is 2.18. The molecular formula is C23H27N3. The number of nitrogens with two attached hydrogens (primary N) is 1. The molecule has 134 valence electrons. The lowest BCUT2D eigenvalue weighted by Gasteiger charge is -2.33. The third kappa shape index (κ3) is 3.19. The maximum Gasteiger partial charge on any atom is 0.0783 e. The first-order valence-electron chi connectivity index (χ1n) is 9.72. The van der Waals surface area contributed by atoms with Gasteiger partial charge >= 0.3 is 0 Å². The number of hydrogen-bond donors (Lipinski definition) is 1. The van der Waals surface area contributed by atoms with Crippen LogP contribution in [0.15, 0.2) is 54.7 Å². The van der Waals surface area contributed by atoms with E-state index in [-0.39, 0.29) is 0 Å². The van der Waals surface area contributed by atoms with Crippen LogP contribution in [0.4, 0.5) is 5.69 Å². The minimum Gasteiger partial charge on any atom is -0.371 e. The number of piperidine rings is 1. The quantitative estimate of drug-likeness (QED) is 0.724. The van der Waals surface area contributed by atoms with Gasteiger partial charge in [0.25, 0.3) is 0 Å². The van der Waals surface area contributed by atoms with Crippen LogP contribution >= 0.6 is 0 Å². The van der Waals surface area contributed by atoms with E-state index in [1.807, 2.05) is 12.3 Å². The van der Waals surface area contributed by atoms with E-state index in [0.717, 1.165) is 35.8 Å². The standard InChI is InChI=1S/C23H27N3/c1-2-17-10-13-26(14-11-17)20-7-8-22-18(15-20)9-12-25-23(22)21-6-4-3-5-19(21)16-24/h3-9,12,15,17H,2,10-11,13-14,16,24H2,1H3. The van der Waals surface area contributed by atoms with E-state index < -0.39 is 0 Å². The Bertz CT molecular complexity index is 895. The van der Waals surface area contributed by atoms with Crippen LogP contribution in [-0.2, 0) is 6.54 Å². The van der Waals surface area contributed by atoms with Crippen molar-refractivity contribution in [2.45, 2.75) is 32.7 Å². The van der Waals surface area contributed by atoms with Gasteiger partial charge in [-0.05, 0) is 47.9 Å². The largest absolute Gasteiger partial charge is 0.371 e. The van der Waals surface area contributed by atoms with E-state index in [1.54, 1.807) is 0 Å². The van der Waals surface area contributed by atoms with E-state index >= 15 is 0 Å². The minimum atomic E-state index is 0.526. The molecule has 0 bridgehead atoms. The molecule has 1 aromatic heterocycles. The third-order valence-electron chi connectivity index (χ3n) is 5.80. The maximum atomic E-state index is 5.94. The van der Waals surface area contributed by atoms with Gasteiger partial charge in [0.2, 0.25) is 0 Å². The molecule has 0 spiro atoms. The fraction of sp³-hybridized carbons (Fsp3) is 0.348. The van der Waals surface area contributed by atoms with Crippen molar-refractivity contribution in [3.63, 3.8) is 0 Å². The molecule has 0 amide bonds. The van der Waals surface area contributed by atoms with E-state index in [4.69, 9.17) is 5.73 Å². The molecule has 0 saturated carbocycles. The first-order valence-corrected chi connectivity index (χ1v) is 9.72. The Balaban J connectivity index is 1.70. The first kappa shape index (κ1) is 17.0. The van der Waals surface area contributed by atoms with Crippen molar-refractivity contribution in [1.82, 2.24) is 4.98 Å². The monoisotopic (exact) mass is 345 g/mol. The molecule has 26 heavy (non-hydrogen) atoms. The Morgan fingerprint density at radius 3 is 2.65 bits per heavy atom. The van der Waals surface area contributed by atoms with Gasteiger partial charge in [0, 0.05) is 42.5 Å². The van der Waals surface area contributed by atoms with Crippen LogP contribution in [0.1, 0.15) is 31.7 Å². The number of pyridine rings is 1. The van der Waals surface area contributed by atoms with Gasteiger partial charge < -0.3 is 10.6 Å². The van der Waals surface area contributed by atoms with Crippen LogP contribution in [0.25, 0.3) is 22.0 Å². The van der Waals surface area contributed by atoms with Gasteiger partial charge in [0.1, 0.15) is 0 Å². The van der Waals surface area contributed by atoms with E-state index in [2.05, 4.69) is 59.3 Å². The van der Waals surface area contributed by atoms with Gasteiger partial charge in [0.15, 0.2) is 0 Å². The highest BCUT2D eigenvalue weighted by atomic mass is 15.1. The highest BCUT2D eigenvalue weighted by Crippen LogP contribution is 2.32. The summed E-state index contributed by atoms with van der Waals surface area (Å²) in [7, 11) is 0. The number of benzene rings is 2. The molecule has 3 aromatic rings. The Kier molecular flexibility index (Phi) is 4.89. The smallest absolute Gasteiger partial charge is 0.0783 e. The van der Waals surface area contributed by atoms with Gasteiger partial charge in [-0.15, -0.1) is 0 Å². The normalized spacial score (nSPS) is 15.5. The Labute approximate surface area is 155 Å². The first-order chi connectivity index (χ1) is 12.8. The van der Waals surface area contributed by atoms with Crippen molar-refractivity contribution in [3.05, 3.63) is 60.3 Å². The number of fused-ring (bicyclic) bond motifs is 1. The predicted molar refractivity (Wildman–Crippen MR) is 110 cm³/mol. The summed E-state index contributed by atoms with van der Waals surface area (Å²) in [6.07, 6.45) is 5.83. The molecule has 1 fully saturated rings. The summed E-state index contributed by atoms with van der Waals surface area (Å²) in [5.74, 6) is 0.898. The summed E-state index contributed by atoms with van der Waals surface area (Å²) in [6.45, 7) is 5.17. The number of nitrogens with zero attached hydrogens (tertiary/aromatic N) is 2.